The summed E-state index contributed by atoms with van der Waals surface area (Å²) >= 11 is 0. The van der Waals surface area contributed by atoms with Crippen molar-refractivity contribution < 1.29 is 62.5 Å². The summed E-state index contributed by atoms with van der Waals surface area (Å²) in [5.41, 5.74) is -0.968. The van der Waals surface area contributed by atoms with Crippen molar-refractivity contribution in [2.45, 2.75) is 89.1 Å². The molecule has 1 saturated carbocycles. The van der Waals surface area contributed by atoms with Crippen LogP contribution >= 0.6 is 0 Å². The van der Waals surface area contributed by atoms with Gasteiger partial charge in [0.25, 0.3) is 0 Å². The van der Waals surface area contributed by atoms with E-state index in [0.29, 0.717) is 6.42 Å². The minimum absolute atomic E-state index is 0.0113. The molecule has 0 saturated heterocycles. The number of allylic oxidation sites excluding steroid dienone is 2. The molecule has 0 N–H and O–H groups in total. The zero-order chi connectivity index (χ0) is 32.4. The van der Waals surface area contributed by atoms with Gasteiger partial charge in [0, 0.05) is 24.3 Å². The first kappa shape index (κ1) is 33.9. The second-order valence-corrected chi connectivity index (χ2v) is 11.0. The molecular formula is C30H29F11O3. The van der Waals surface area contributed by atoms with Crippen molar-refractivity contribution in [1.82, 2.24) is 0 Å². The average Bonchev–Trinajstić information content (AvgIpc) is 2.91. The molecule has 0 aliphatic heterocycles. The molecule has 2 aromatic carbocycles. The molecule has 1 atom stereocenters. The number of ether oxygens (including phenoxy) is 3. The van der Waals surface area contributed by atoms with Gasteiger partial charge in [0.15, 0.2) is 17.5 Å². The largest absolute Gasteiger partial charge is 0.432 e. The quantitative estimate of drug-likeness (QED) is 0.138. The van der Waals surface area contributed by atoms with Crippen LogP contribution in [0.5, 0.6) is 11.5 Å². The normalized spacial score (nSPS) is 21.6. The summed E-state index contributed by atoms with van der Waals surface area (Å²) in [6.07, 6.45) is -9.97. The summed E-state index contributed by atoms with van der Waals surface area (Å²) in [7, 11) is 0. The van der Waals surface area contributed by atoms with Crippen LogP contribution in [-0.4, -0.2) is 18.3 Å². The molecule has 4 rings (SSSR count). The van der Waals surface area contributed by atoms with E-state index in [4.69, 9.17) is 4.74 Å². The van der Waals surface area contributed by atoms with E-state index in [0.717, 1.165) is 18.4 Å². The fourth-order valence-electron chi connectivity index (χ4n) is 5.49. The van der Waals surface area contributed by atoms with E-state index in [2.05, 4.69) is 9.47 Å². The number of alkyl halides is 6. The number of benzene rings is 2. The summed E-state index contributed by atoms with van der Waals surface area (Å²) < 4.78 is 171. The first-order valence-electron chi connectivity index (χ1n) is 14.0. The monoisotopic (exact) mass is 646 g/mol. The number of hydrogen-bond donors (Lipinski definition) is 0. The summed E-state index contributed by atoms with van der Waals surface area (Å²) in [4.78, 5) is 0. The van der Waals surface area contributed by atoms with Crippen LogP contribution in [0.1, 0.15) is 70.3 Å². The first-order valence-corrected chi connectivity index (χ1v) is 14.0. The number of rotatable bonds is 11. The lowest BCUT2D eigenvalue weighted by Crippen LogP contribution is -2.41. The highest BCUT2D eigenvalue weighted by Gasteiger charge is 2.48. The Balaban J connectivity index is 1.37. The molecule has 0 aromatic heterocycles. The predicted molar refractivity (Wildman–Crippen MR) is 135 cm³/mol. The topological polar surface area (TPSA) is 27.7 Å². The minimum atomic E-state index is -4.92. The Morgan fingerprint density at radius 3 is 1.75 bits per heavy atom. The predicted octanol–water partition coefficient (Wildman–Crippen LogP) is 10.2. The Labute approximate surface area is 246 Å². The van der Waals surface area contributed by atoms with Crippen LogP contribution in [0.25, 0.3) is 0 Å². The third-order valence-corrected chi connectivity index (χ3v) is 7.79. The van der Waals surface area contributed by atoms with Gasteiger partial charge in [-0.05, 0) is 51.4 Å². The molecule has 244 valence electrons. The fraction of sp³-hybridized carbons (Fsp3) is 0.533. The molecule has 2 aromatic rings. The van der Waals surface area contributed by atoms with Crippen LogP contribution in [0.3, 0.4) is 0 Å². The van der Waals surface area contributed by atoms with E-state index in [1.54, 1.807) is 6.08 Å². The maximum atomic E-state index is 14.9. The molecule has 0 heterocycles. The third-order valence-electron chi connectivity index (χ3n) is 7.79. The second kappa shape index (κ2) is 13.1. The molecule has 2 aliphatic carbocycles. The smallest absolute Gasteiger partial charge is 0.432 e. The van der Waals surface area contributed by atoms with Gasteiger partial charge in [-0.3, -0.25) is 0 Å². The van der Waals surface area contributed by atoms with Crippen molar-refractivity contribution in [1.29, 1.82) is 0 Å². The highest BCUT2D eigenvalue weighted by Crippen LogP contribution is 2.44. The van der Waals surface area contributed by atoms with Gasteiger partial charge in [-0.25, -0.2) is 22.0 Å². The Hall–Kier alpha value is -3.03. The highest BCUT2D eigenvalue weighted by atomic mass is 19.3. The van der Waals surface area contributed by atoms with Crippen LogP contribution in [-0.2, 0) is 10.8 Å². The molecule has 44 heavy (non-hydrogen) atoms. The lowest BCUT2D eigenvalue weighted by Gasteiger charge is -2.36. The lowest BCUT2D eigenvalue weighted by atomic mass is 9.85. The molecular weight excluding hydrogens is 617 g/mol. The van der Waals surface area contributed by atoms with Gasteiger partial charge in [0.2, 0.25) is 0 Å². The van der Waals surface area contributed by atoms with E-state index < -0.39 is 82.4 Å². The molecule has 1 unspecified atom stereocenters. The SMILES string of the molecule is CCCC1=CCC(C(F)(F)OC2CCC(C(F)(F)Oc3cc(F)c(C(F)(F)Oc4cc(F)c(F)c(F)c4)c(F)c3)CC2)CC1. The van der Waals surface area contributed by atoms with Crippen LogP contribution in [0.15, 0.2) is 35.9 Å². The van der Waals surface area contributed by atoms with Crippen molar-refractivity contribution in [2.75, 3.05) is 0 Å². The van der Waals surface area contributed by atoms with E-state index in [-0.39, 0.29) is 62.8 Å². The zero-order valence-electron chi connectivity index (χ0n) is 23.4. The summed E-state index contributed by atoms with van der Waals surface area (Å²) in [6.45, 7) is 1.99. The van der Waals surface area contributed by atoms with Crippen molar-refractivity contribution >= 4 is 0 Å². The van der Waals surface area contributed by atoms with Crippen LogP contribution in [0, 0.1) is 40.9 Å². The summed E-state index contributed by atoms with van der Waals surface area (Å²) in [5, 5.41) is 0. The second-order valence-electron chi connectivity index (χ2n) is 11.0. The zero-order valence-corrected chi connectivity index (χ0v) is 23.4. The molecule has 0 amide bonds. The van der Waals surface area contributed by atoms with Gasteiger partial charge >= 0.3 is 18.3 Å². The maximum Gasteiger partial charge on any atom is 0.432 e. The van der Waals surface area contributed by atoms with Gasteiger partial charge < -0.3 is 14.2 Å². The van der Waals surface area contributed by atoms with E-state index in [1.165, 1.54) is 0 Å². The van der Waals surface area contributed by atoms with Gasteiger partial charge in [-0.2, -0.15) is 26.3 Å². The van der Waals surface area contributed by atoms with Gasteiger partial charge in [0.05, 0.1) is 17.9 Å². The Kier molecular flexibility index (Phi) is 10.1. The molecule has 1 fully saturated rings. The Bertz CT molecular complexity index is 1310. The van der Waals surface area contributed by atoms with Crippen molar-refractivity contribution in [3.05, 3.63) is 70.6 Å². The molecule has 3 nitrogen and oxygen atoms in total. The molecule has 14 heteroatoms. The fourth-order valence-corrected chi connectivity index (χ4v) is 5.49. The average molecular weight is 647 g/mol. The van der Waals surface area contributed by atoms with Crippen LogP contribution in [0.4, 0.5) is 48.3 Å². The van der Waals surface area contributed by atoms with Crippen LogP contribution in [0.2, 0.25) is 0 Å². The Morgan fingerprint density at radius 2 is 1.23 bits per heavy atom. The number of halogens is 11. The van der Waals surface area contributed by atoms with Crippen molar-refractivity contribution in [3.63, 3.8) is 0 Å². The first-order chi connectivity index (χ1) is 20.5. The van der Waals surface area contributed by atoms with Gasteiger partial charge in [-0.1, -0.05) is 25.0 Å². The van der Waals surface area contributed by atoms with Crippen molar-refractivity contribution in [2.24, 2.45) is 11.8 Å². The minimum Gasteiger partial charge on any atom is -0.432 e. The lowest BCUT2D eigenvalue weighted by molar-refractivity contribution is -0.302. The van der Waals surface area contributed by atoms with Crippen molar-refractivity contribution in [3.8, 4) is 11.5 Å². The van der Waals surface area contributed by atoms with E-state index in [9.17, 15) is 48.3 Å². The highest BCUT2D eigenvalue weighted by molar-refractivity contribution is 5.34. The molecule has 0 radical (unpaired) electrons. The maximum absolute atomic E-state index is 14.9. The van der Waals surface area contributed by atoms with E-state index in [1.807, 2.05) is 6.92 Å². The molecule has 0 spiro atoms. The molecule has 2 aliphatic rings. The number of hydrogen-bond acceptors (Lipinski definition) is 3. The third kappa shape index (κ3) is 7.78. The summed E-state index contributed by atoms with van der Waals surface area (Å²) in [5.74, 6) is -15.1. The molecule has 0 bridgehead atoms. The van der Waals surface area contributed by atoms with Gasteiger partial charge in [-0.15, -0.1) is 0 Å². The summed E-state index contributed by atoms with van der Waals surface area (Å²) in [6, 6.07) is 0.0966. The standard InChI is InChI=1S/C30H29F11O3/c1-2-3-16-4-6-17(7-5-16)28(36,37)42-19-10-8-18(9-11-19)29(38,39)43-20-12-22(31)26(23(32)13-20)30(40,41)44-21-14-24(33)27(35)25(34)15-21/h4,12-15,17-19H,2-3,5-11H2,1H3. The van der Waals surface area contributed by atoms with Gasteiger partial charge in [0.1, 0.15) is 28.7 Å². The Morgan fingerprint density at radius 1 is 0.682 bits per heavy atom. The van der Waals surface area contributed by atoms with E-state index >= 15 is 0 Å². The van der Waals surface area contributed by atoms with Crippen LogP contribution < -0.4 is 9.47 Å².